The van der Waals surface area contributed by atoms with E-state index in [0.29, 0.717) is 23.0 Å². The molecule has 0 saturated heterocycles. The van der Waals surface area contributed by atoms with E-state index < -0.39 is 0 Å². The van der Waals surface area contributed by atoms with E-state index in [4.69, 9.17) is 12.2 Å². The van der Waals surface area contributed by atoms with E-state index in [1.54, 1.807) is 30.6 Å². The first-order valence-electron chi connectivity index (χ1n) is 9.48. The van der Waals surface area contributed by atoms with Gasteiger partial charge in [-0.1, -0.05) is 12.1 Å². The Morgan fingerprint density at radius 2 is 1.90 bits per heavy atom. The Morgan fingerprint density at radius 3 is 2.67 bits per heavy atom. The van der Waals surface area contributed by atoms with Gasteiger partial charge in [0.1, 0.15) is 0 Å². The lowest BCUT2D eigenvalue weighted by Gasteiger charge is -2.13. The molecular weight excluding hydrogens is 396 g/mol. The van der Waals surface area contributed by atoms with Crippen LogP contribution < -0.4 is 10.9 Å². The van der Waals surface area contributed by atoms with Crippen LogP contribution in [0.15, 0.2) is 65.7 Å². The van der Waals surface area contributed by atoms with Crippen LogP contribution in [-0.4, -0.2) is 20.4 Å². The lowest BCUT2D eigenvalue weighted by atomic mass is 10.1. The van der Waals surface area contributed by atoms with Crippen LogP contribution in [0.2, 0.25) is 0 Å². The highest BCUT2D eigenvalue weighted by Crippen LogP contribution is 2.18. The van der Waals surface area contributed by atoms with Crippen LogP contribution >= 0.6 is 12.2 Å². The van der Waals surface area contributed by atoms with Crippen molar-refractivity contribution in [2.24, 2.45) is 0 Å². The summed E-state index contributed by atoms with van der Waals surface area (Å²) in [5.74, 6) is -0.230. The Morgan fingerprint density at radius 1 is 1.13 bits per heavy atom. The average molecular weight is 417 g/mol. The average Bonchev–Trinajstić information content (AvgIpc) is 2.75. The fourth-order valence-electron chi connectivity index (χ4n) is 3.34. The molecule has 0 fully saturated rings. The fraction of sp³-hybridized carbons (Fsp3) is 0.130. The molecule has 0 aliphatic rings. The molecule has 2 aromatic carbocycles. The highest BCUT2D eigenvalue weighted by molar-refractivity contribution is 7.71. The van der Waals surface area contributed by atoms with Crippen molar-refractivity contribution in [3.63, 3.8) is 0 Å². The zero-order chi connectivity index (χ0) is 21.3. The Labute approximate surface area is 178 Å². The Kier molecular flexibility index (Phi) is 5.29. The number of hydrogen-bond donors (Lipinski definition) is 2. The molecule has 2 heterocycles. The lowest BCUT2D eigenvalue weighted by molar-refractivity contribution is 0.0951. The lowest BCUT2D eigenvalue weighted by Crippen LogP contribution is -2.24. The molecule has 0 atom stereocenters. The maximum atomic E-state index is 13.2. The number of H-pyrrole nitrogens is 1. The van der Waals surface area contributed by atoms with Crippen molar-refractivity contribution in [3.05, 3.63) is 98.3 Å². The van der Waals surface area contributed by atoms with Crippen LogP contribution in [0, 0.1) is 18.6 Å². The summed E-state index contributed by atoms with van der Waals surface area (Å²) in [5, 5.41) is 3.34. The van der Waals surface area contributed by atoms with Gasteiger partial charge in [-0.25, -0.2) is 0 Å². The quantitative estimate of drug-likeness (QED) is 0.493. The molecule has 0 spiro atoms. The normalized spacial score (nSPS) is 10.9. The van der Waals surface area contributed by atoms with E-state index in [-0.39, 0.29) is 16.2 Å². The van der Waals surface area contributed by atoms with Crippen LogP contribution in [0.25, 0.3) is 16.6 Å². The predicted molar refractivity (Wildman–Crippen MR) is 120 cm³/mol. The number of rotatable bonds is 4. The number of benzene rings is 2. The number of carbonyl (C=O) groups excluding carboxylic acids is 1. The van der Waals surface area contributed by atoms with Gasteiger partial charge in [0.05, 0.1) is 16.6 Å². The standard InChI is InChI=1S/C23H20N4O2S/c1-14-4-3-5-20(15(14)2)27-22(29)18-7-6-17(12-19(18)26-23(27)30)21(28)25-13-16-8-10-24-11-9-16/h3-12H,13H2,1-2H3,(H,25,28)(H,26,30). The van der Waals surface area contributed by atoms with Crippen molar-refractivity contribution in [2.45, 2.75) is 20.4 Å². The molecule has 2 N–H and O–H groups in total. The molecular formula is C23H20N4O2S. The number of aromatic amines is 1. The Balaban J connectivity index is 1.71. The van der Waals surface area contributed by atoms with Crippen molar-refractivity contribution < 1.29 is 4.79 Å². The van der Waals surface area contributed by atoms with Crippen molar-refractivity contribution in [3.8, 4) is 5.69 Å². The summed E-state index contributed by atoms with van der Waals surface area (Å²) in [7, 11) is 0. The highest BCUT2D eigenvalue weighted by Gasteiger charge is 2.13. The van der Waals surface area contributed by atoms with E-state index >= 15 is 0 Å². The molecule has 0 aliphatic heterocycles. The van der Waals surface area contributed by atoms with Gasteiger partial charge in [-0.2, -0.15) is 0 Å². The minimum atomic E-state index is -0.230. The summed E-state index contributed by atoms with van der Waals surface area (Å²) < 4.78 is 1.79. The molecule has 150 valence electrons. The maximum absolute atomic E-state index is 13.2. The van der Waals surface area contributed by atoms with E-state index in [2.05, 4.69) is 15.3 Å². The van der Waals surface area contributed by atoms with Gasteiger partial charge in [0.15, 0.2) is 4.77 Å². The number of aromatic nitrogens is 3. The first kappa shape index (κ1) is 19.7. The number of aryl methyl sites for hydroxylation is 1. The third kappa shape index (κ3) is 3.67. The maximum Gasteiger partial charge on any atom is 0.266 e. The van der Waals surface area contributed by atoms with Crippen molar-refractivity contribution >= 4 is 29.0 Å². The minimum absolute atomic E-state index is 0.216. The number of carbonyl (C=O) groups is 1. The van der Waals surface area contributed by atoms with Gasteiger partial charge >= 0.3 is 0 Å². The van der Waals surface area contributed by atoms with Gasteiger partial charge in [-0.15, -0.1) is 0 Å². The smallest absolute Gasteiger partial charge is 0.266 e. The van der Waals surface area contributed by atoms with Crippen LogP contribution in [0.4, 0.5) is 0 Å². The van der Waals surface area contributed by atoms with E-state index in [1.807, 2.05) is 44.2 Å². The molecule has 6 nitrogen and oxygen atoms in total. The third-order valence-electron chi connectivity index (χ3n) is 5.18. The van der Waals surface area contributed by atoms with E-state index in [0.717, 1.165) is 22.4 Å². The van der Waals surface area contributed by atoms with Gasteiger partial charge in [0, 0.05) is 24.5 Å². The van der Waals surface area contributed by atoms with Gasteiger partial charge < -0.3 is 10.3 Å². The first-order valence-corrected chi connectivity index (χ1v) is 9.89. The van der Waals surface area contributed by atoms with Crippen LogP contribution in [0.3, 0.4) is 0 Å². The molecule has 1 amide bonds. The van der Waals surface area contributed by atoms with Crippen molar-refractivity contribution in [2.75, 3.05) is 0 Å². The van der Waals surface area contributed by atoms with E-state index in [1.165, 1.54) is 4.57 Å². The minimum Gasteiger partial charge on any atom is -0.348 e. The first-order chi connectivity index (χ1) is 14.5. The molecule has 30 heavy (non-hydrogen) atoms. The van der Waals surface area contributed by atoms with Crippen LogP contribution in [0.1, 0.15) is 27.0 Å². The molecule has 4 rings (SSSR count). The second kappa shape index (κ2) is 8.04. The van der Waals surface area contributed by atoms with Gasteiger partial charge in [-0.05, 0) is 79.2 Å². The second-order valence-corrected chi connectivity index (χ2v) is 7.47. The number of pyridine rings is 1. The molecule has 0 unspecified atom stereocenters. The number of amides is 1. The van der Waals surface area contributed by atoms with Gasteiger partial charge in [-0.3, -0.25) is 19.1 Å². The van der Waals surface area contributed by atoms with E-state index in [9.17, 15) is 9.59 Å². The predicted octanol–water partition coefficient (Wildman–Crippen LogP) is 3.99. The zero-order valence-electron chi connectivity index (χ0n) is 16.6. The monoisotopic (exact) mass is 416 g/mol. The molecule has 0 bridgehead atoms. The highest BCUT2D eigenvalue weighted by atomic mass is 32.1. The number of nitrogens with zero attached hydrogens (tertiary/aromatic N) is 2. The number of hydrogen-bond acceptors (Lipinski definition) is 4. The van der Waals surface area contributed by atoms with Crippen LogP contribution in [-0.2, 0) is 6.54 Å². The molecule has 0 radical (unpaired) electrons. The molecule has 2 aromatic heterocycles. The summed E-state index contributed by atoms with van der Waals surface area (Å²) in [6.07, 6.45) is 3.36. The third-order valence-corrected chi connectivity index (χ3v) is 5.46. The van der Waals surface area contributed by atoms with Crippen LogP contribution in [0.5, 0.6) is 0 Å². The second-order valence-electron chi connectivity index (χ2n) is 7.09. The molecule has 7 heteroatoms. The van der Waals surface area contributed by atoms with Crippen molar-refractivity contribution in [1.29, 1.82) is 0 Å². The Bertz CT molecular complexity index is 1370. The molecule has 4 aromatic rings. The summed E-state index contributed by atoms with van der Waals surface area (Å²) >= 11 is 5.48. The summed E-state index contributed by atoms with van der Waals surface area (Å²) in [6, 6.07) is 14.4. The topological polar surface area (TPSA) is 79.8 Å². The van der Waals surface area contributed by atoms with Gasteiger partial charge in [0.25, 0.3) is 11.5 Å². The molecule has 0 aliphatic carbocycles. The SMILES string of the molecule is Cc1cccc(-n2c(=S)[nH]c3cc(C(=O)NCc4ccncc4)ccc3c2=O)c1C. The van der Waals surface area contributed by atoms with Gasteiger partial charge in [0.2, 0.25) is 0 Å². The fourth-order valence-corrected chi connectivity index (χ4v) is 3.63. The summed E-state index contributed by atoms with van der Waals surface area (Å²) in [5.41, 5.74) is 4.54. The van der Waals surface area contributed by atoms with Crippen molar-refractivity contribution in [1.82, 2.24) is 19.9 Å². The number of nitrogens with one attached hydrogen (secondary N) is 2. The summed E-state index contributed by atoms with van der Waals surface area (Å²) in [6.45, 7) is 4.35. The Hall–Kier alpha value is -3.58. The zero-order valence-corrected chi connectivity index (χ0v) is 17.4. The largest absolute Gasteiger partial charge is 0.348 e. The molecule has 0 saturated carbocycles. The number of fused-ring (bicyclic) bond motifs is 1. The summed E-state index contributed by atoms with van der Waals surface area (Å²) in [4.78, 5) is 32.8.